The van der Waals surface area contributed by atoms with Gasteiger partial charge in [0.15, 0.2) is 5.78 Å². The maximum absolute atomic E-state index is 12.7. The third-order valence-electron chi connectivity index (χ3n) is 5.06. The first kappa shape index (κ1) is 17.5. The van der Waals surface area contributed by atoms with E-state index in [2.05, 4.69) is 0 Å². The molecule has 3 heterocycles. The molecule has 0 saturated carbocycles. The Hall–Kier alpha value is -2.87. The van der Waals surface area contributed by atoms with Gasteiger partial charge in [-0.1, -0.05) is 0 Å². The first-order chi connectivity index (χ1) is 13.0. The van der Waals surface area contributed by atoms with Crippen LogP contribution in [0.25, 0.3) is 10.9 Å². The third-order valence-corrected chi connectivity index (χ3v) is 5.06. The van der Waals surface area contributed by atoms with Crippen LogP contribution in [0.2, 0.25) is 0 Å². The van der Waals surface area contributed by atoms with Crippen LogP contribution in [0.4, 0.5) is 10.5 Å². The molecule has 1 unspecified atom stereocenters. The molecule has 4 rings (SSSR count). The van der Waals surface area contributed by atoms with Crippen molar-refractivity contribution in [2.24, 2.45) is 5.92 Å². The molecule has 2 aliphatic heterocycles. The smallest absolute Gasteiger partial charge is 0.414 e. The Balaban J connectivity index is 1.67. The molecule has 142 valence electrons. The largest absolute Gasteiger partial charge is 0.465 e. The van der Waals surface area contributed by atoms with Crippen molar-refractivity contribution in [2.45, 2.75) is 26.0 Å². The highest BCUT2D eigenvalue weighted by Crippen LogP contribution is 2.32. The molecule has 1 aromatic heterocycles. The normalized spacial score (nSPS) is 22.1. The van der Waals surface area contributed by atoms with Crippen molar-refractivity contribution in [3.05, 3.63) is 30.0 Å². The molecule has 1 fully saturated rings. The first-order valence-corrected chi connectivity index (χ1v) is 8.96. The number of rotatable bonds is 4. The Labute approximate surface area is 155 Å². The lowest BCUT2D eigenvalue weighted by Crippen LogP contribution is -2.33. The average molecular weight is 372 g/mol. The second-order valence-corrected chi connectivity index (χ2v) is 6.68. The zero-order valence-electron chi connectivity index (χ0n) is 14.9. The van der Waals surface area contributed by atoms with Crippen molar-refractivity contribution in [3.8, 4) is 0 Å². The van der Waals surface area contributed by atoms with Crippen LogP contribution in [0.15, 0.2) is 24.3 Å². The number of aliphatic hydroxyl groups is 1. The van der Waals surface area contributed by atoms with Gasteiger partial charge in [-0.05, 0) is 37.6 Å². The minimum atomic E-state index is -0.764. The minimum Gasteiger partial charge on any atom is -0.465 e. The van der Waals surface area contributed by atoms with E-state index in [1.165, 1.54) is 4.90 Å². The Bertz CT molecular complexity index is 934. The van der Waals surface area contributed by atoms with Gasteiger partial charge in [-0.25, -0.2) is 4.79 Å². The lowest BCUT2D eigenvalue weighted by atomic mass is 9.95. The standard InChI is InChI=1S/C19H20N2O6/c1-2-26-18(24)14-5-6-20-15-4-3-12(7-11(15)8-16(20)17(14)23)21-9-13(10-22)27-19(21)25/h3-4,7-8,13-14,22H,2,5-6,9-10H2,1H3/t13-,14?/m1/s1. The van der Waals surface area contributed by atoms with Gasteiger partial charge < -0.3 is 19.1 Å². The monoisotopic (exact) mass is 372 g/mol. The summed E-state index contributed by atoms with van der Waals surface area (Å²) in [7, 11) is 0. The number of ketones is 1. The number of esters is 1. The maximum atomic E-state index is 12.7. The first-order valence-electron chi connectivity index (χ1n) is 8.96. The number of hydrogen-bond donors (Lipinski definition) is 1. The summed E-state index contributed by atoms with van der Waals surface area (Å²) in [5, 5.41) is 9.99. The summed E-state index contributed by atoms with van der Waals surface area (Å²) >= 11 is 0. The quantitative estimate of drug-likeness (QED) is 0.648. The van der Waals surface area contributed by atoms with Crippen molar-refractivity contribution < 1.29 is 29.0 Å². The molecule has 1 aromatic carbocycles. The van der Waals surface area contributed by atoms with Crippen LogP contribution in [-0.4, -0.2) is 53.4 Å². The number of aliphatic hydroxyl groups excluding tert-OH is 1. The van der Waals surface area contributed by atoms with E-state index in [1.54, 1.807) is 19.1 Å². The Morgan fingerprint density at radius 2 is 2.15 bits per heavy atom. The molecule has 8 nitrogen and oxygen atoms in total. The molecular weight excluding hydrogens is 352 g/mol. The zero-order chi connectivity index (χ0) is 19.1. The Morgan fingerprint density at radius 3 is 2.85 bits per heavy atom. The van der Waals surface area contributed by atoms with Gasteiger partial charge >= 0.3 is 12.1 Å². The minimum absolute atomic E-state index is 0.227. The molecule has 2 aromatic rings. The van der Waals surface area contributed by atoms with Gasteiger partial charge in [0.2, 0.25) is 0 Å². The molecule has 2 atom stereocenters. The second kappa shape index (κ2) is 6.70. The van der Waals surface area contributed by atoms with E-state index >= 15 is 0 Å². The van der Waals surface area contributed by atoms with E-state index < -0.39 is 24.1 Å². The van der Waals surface area contributed by atoms with Crippen molar-refractivity contribution in [1.29, 1.82) is 0 Å². The SMILES string of the molecule is CCOC(=O)C1CCn2c(cc3cc(N4C[C@H](CO)OC4=O)ccc32)C1=O. The number of aryl methyl sites for hydroxylation is 1. The summed E-state index contributed by atoms with van der Waals surface area (Å²) in [6.45, 7) is 2.56. The fourth-order valence-corrected chi connectivity index (χ4v) is 3.73. The summed E-state index contributed by atoms with van der Waals surface area (Å²) in [6, 6.07) is 7.20. The fourth-order valence-electron chi connectivity index (χ4n) is 3.73. The highest BCUT2D eigenvalue weighted by Gasteiger charge is 2.36. The Kier molecular flexibility index (Phi) is 4.35. The fraction of sp³-hybridized carbons (Fsp3) is 0.421. The molecule has 1 saturated heterocycles. The van der Waals surface area contributed by atoms with Gasteiger partial charge in [0.1, 0.15) is 12.0 Å². The molecule has 1 N–H and O–H groups in total. The molecule has 0 radical (unpaired) electrons. The molecule has 27 heavy (non-hydrogen) atoms. The molecule has 1 amide bonds. The number of ether oxygens (including phenoxy) is 2. The highest BCUT2D eigenvalue weighted by molar-refractivity contribution is 6.11. The van der Waals surface area contributed by atoms with Crippen LogP contribution in [0.3, 0.4) is 0 Å². The van der Waals surface area contributed by atoms with Crippen molar-refractivity contribution >= 4 is 34.4 Å². The topological polar surface area (TPSA) is 98.1 Å². The number of anilines is 1. The summed E-state index contributed by atoms with van der Waals surface area (Å²) in [5.74, 6) is -1.48. The lowest BCUT2D eigenvalue weighted by Gasteiger charge is -2.22. The molecule has 8 heteroatoms. The van der Waals surface area contributed by atoms with E-state index in [1.807, 2.05) is 16.7 Å². The van der Waals surface area contributed by atoms with Crippen molar-refractivity contribution in [3.63, 3.8) is 0 Å². The van der Waals surface area contributed by atoms with Crippen molar-refractivity contribution in [2.75, 3.05) is 24.7 Å². The Morgan fingerprint density at radius 1 is 1.33 bits per heavy atom. The van der Waals surface area contributed by atoms with E-state index in [4.69, 9.17) is 9.47 Å². The van der Waals surface area contributed by atoms with Gasteiger partial charge in [-0.3, -0.25) is 14.5 Å². The second-order valence-electron chi connectivity index (χ2n) is 6.68. The van der Waals surface area contributed by atoms with Gasteiger partial charge in [-0.15, -0.1) is 0 Å². The van der Waals surface area contributed by atoms with Gasteiger partial charge in [-0.2, -0.15) is 0 Å². The highest BCUT2D eigenvalue weighted by atomic mass is 16.6. The van der Waals surface area contributed by atoms with Crippen LogP contribution in [0, 0.1) is 5.92 Å². The number of fused-ring (bicyclic) bond motifs is 3. The van der Waals surface area contributed by atoms with E-state index in [0.717, 1.165) is 10.9 Å². The number of carbonyl (C=O) groups is 3. The lowest BCUT2D eigenvalue weighted by molar-refractivity contribution is -0.146. The van der Waals surface area contributed by atoms with E-state index in [0.29, 0.717) is 24.3 Å². The number of nitrogens with zero attached hydrogens (tertiary/aromatic N) is 2. The molecule has 0 aliphatic carbocycles. The zero-order valence-corrected chi connectivity index (χ0v) is 14.9. The number of benzene rings is 1. The number of amides is 1. The summed E-state index contributed by atoms with van der Waals surface area (Å²) in [5.41, 5.74) is 1.99. The van der Waals surface area contributed by atoms with E-state index in [-0.39, 0.29) is 25.5 Å². The van der Waals surface area contributed by atoms with Gasteiger partial charge in [0.05, 0.1) is 25.5 Å². The third kappa shape index (κ3) is 2.86. The molecule has 0 spiro atoms. The van der Waals surface area contributed by atoms with Crippen molar-refractivity contribution in [1.82, 2.24) is 4.57 Å². The predicted octanol–water partition coefficient (Wildman–Crippen LogP) is 1.72. The van der Waals surface area contributed by atoms with Crippen LogP contribution in [-0.2, 0) is 20.8 Å². The molecule has 0 bridgehead atoms. The number of carbonyl (C=O) groups excluding carboxylic acids is 3. The summed E-state index contributed by atoms with van der Waals surface area (Å²) < 4.78 is 12.0. The molecule has 2 aliphatic rings. The number of Topliss-reactive ketones (excluding diaryl/α,β-unsaturated/α-hetero) is 1. The van der Waals surface area contributed by atoms with Crippen LogP contribution < -0.4 is 4.90 Å². The number of aromatic nitrogens is 1. The average Bonchev–Trinajstić information content (AvgIpc) is 3.22. The van der Waals surface area contributed by atoms with Crippen LogP contribution in [0.1, 0.15) is 23.8 Å². The van der Waals surface area contributed by atoms with Gasteiger partial charge in [0.25, 0.3) is 0 Å². The molecular formula is C19H20N2O6. The number of cyclic esters (lactones) is 1. The number of hydrogen-bond acceptors (Lipinski definition) is 6. The van der Waals surface area contributed by atoms with E-state index in [9.17, 15) is 19.5 Å². The predicted molar refractivity (Wildman–Crippen MR) is 95.7 cm³/mol. The van der Waals surface area contributed by atoms with Crippen LogP contribution >= 0.6 is 0 Å². The summed E-state index contributed by atoms with van der Waals surface area (Å²) in [4.78, 5) is 38.2. The maximum Gasteiger partial charge on any atom is 0.414 e. The van der Waals surface area contributed by atoms with Crippen LogP contribution in [0.5, 0.6) is 0 Å². The van der Waals surface area contributed by atoms with Gasteiger partial charge in [0, 0.05) is 23.1 Å². The summed E-state index contributed by atoms with van der Waals surface area (Å²) in [6.07, 6.45) is -0.634.